The third-order valence-electron chi connectivity index (χ3n) is 5.99. The Bertz CT molecular complexity index is 617. The van der Waals surface area contributed by atoms with Gasteiger partial charge in [-0.1, -0.05) is 30.3 Å². The molecule has 3 rings (SSSR count). The number of halogens is 1. The molecule has 1 aromatic carbocycles. The molecule has 2 unspecified atom stereocenters. The van der Waals surface area contributed by atoms with Crippen LogP contribution >= 0.6 is 12.4 Å². The number of hydrogen-bond acceptors (Lipinski definition) is 3. The number of nitrogens with one attached hydrogen (secondary N) is 1. The highest BCUT2D eigenvalue weighted by molar-refractivity contribution is 5.89. The van der Waals surface area contributed by atoms with Crippen LogP contribution in [0.4, 0.5) is 0 Å². The van der Waals surface area contributed by atoms with Gasteiger partial charge in [-0.3, -0.25) is 9.59 Å². The van der Waals surface area contributed by atoms with Gasteiger partial charge in [-0.05, 0) is 51.3 Å². The summed E-state index contributed by atoms with van der Waals surface area (Å²) >= 11 is 0. The fourth-order valence-electron chi connectivity index (χ4n) is 4.23. The number of carbonyl (C=O) groups excluding carboxylic acids is 2. The predicted molar refractivity (Wildman–Crippen MR) is 110 cm³/mol. The SMILES string of the molecule is CNCCC1CCN(C(=O)C2CC(=O)N(C(C)c3ccccc3)C2)CC1.Cl. The van der Waals surface area contributed by atoms with E-state index in [-0.39, 0.29) is 36.2 Å². The van der Waals surface area contributed by atoms with Gasteiger partial charge in [-0.2, -0.15) is 0 Å². The summed E-state index contributed by atoms with van der Waals surface area (Å²) in [5, 5.41) is 3.20. The Balaban J connectivity index is 0.00000261. The summed E-state index contributed by atoms with van der Waals surface area (Å²) in [7, 11) is 1.98. The molecule has 0 spiro atoms. The van der Waals surface area contributed by atoms with Crippen molar-refractivity contribution in [3.05, 3.63) is 35.9 Å². The first-order valence-corrected chi connectivity index (χ1v) is 9.88. The van der Waals surface area contributed by atoms with E-state index in [1.807, 2.05) is 54.1 Å². The second-order valence-corrected chi connectivity index (χ2v) is 7.69. The zero-order valence-corrected chi connectivity index (χ0v) is 17.2. The summed E-state index contributed by atoms with van der Waals surface area (Å²) < 4.78 is 0. The van der Waals surface area contributed by atoms with Crippen molar-refractivity contribution in [3.63, 3.8) is 0 Å². The lowest BCUT2D eigenvalue weighted by atomic mass is 9.92. The van der Waals surface area contributed by atoms with Crippen LogP contribution in [-0.2, 0) is 9.59 Å². The molecule has 0 saturated carbocycles. The first-order chi connectivity index (χ1) is 12.6. The standard InChI is InChI=1S/C21H31N3O2.ClH/c1-16(18-6-4-3-5-7-18)24-15-19(14-20(24)25)21(26)23-12-9-17(10-13-23)8-11-22-2;/h3-7,16-17,19,22H,8-15H2,1-2H3;1H. The lowest BCUT2D eigenvalue weighted by Gasteiger charge is -2.33. The van der Waals surface area contributed by atoms with Crippen molar-refractivity contribution < 1.29 is 9.59 Å². The maximum Gasteiger partial charge on any atom is 0.227 e. The van der Waals surface area contributed by atoms with Gasteiger partial charge in [0, 0.05) is 26.1 Å². The van der Waals surface area contributed by atoms with Crippen LogP contribution in [-0.4, -0.2) is 54.8 Å². The molecule has 0 radical (unpaired) electrons. The molecule has 2 aliphatic rings. The fraction of sp³-hybridized carbons (Fsp3) is 0.619. The summed E-state index contributed by atoms with van der Waals surface area (Å²) in [6.07, 6.45) is 3.70. The van der Waals surface area contributed by atoms with Gasteiger partial charge in [0.05, 0.1) is 12.0 Å². The molecule has 2 aliphatic heterocycles. The molecule has 0 aliphatic carbocycles. The Morgan fingerprint density at radius 2 is 1.89 bits per heavy atom. The minimum atomic E-state index is -0.178. The lowest BCUT2D eigenvalue weighted by Crippen LogP contribution is -2.42. The molecule has 2 saturated heterocycles. The van der Waals surface area contributed by atoms with Gasteiger partial charge in [-0.25, -0.2) is 0 Å². The van der Waals surface area contributed by atoms with Gasteiger partial charge in [-0.15, -0.1) is 12.4 Å². The summed E-state index contributed by atoms with van der Waals surface area (Å²) in [5.74, 6) is 0.811. The molecule has 0 bridgehead atoms. The Kier molecular flexibility index (Phi) is 8.11. The monoisotopic (exact) mass is 393 g/mol. The molecule has 2 atom stereocenters. The Hall–Kier alpha value is -1.59. The quantitative estimate of drug-likeness (QED) is 0.808. The van der Waals surface area contributed by atoms with Crippen LogP contribution in [0.25, 0.3) is 0 Å². The molecule has 150 valence electrons. The van der Waals surface area contributed by atoms with E-state index in [1.54, 1.807) is 0 Å². The van der Waals surface area contributed by atoms with Crippen LogP contribution in [0.3, 0.4) is 0 Å². The number of amides is 2. The second kappa shape index (κ2) is 10.1. The maximum atomic E-state index is 12.9. The van der Waals surface area contributed by atoms with Crippen molar-refractivity contribution in [1.29, 1.82) is 0 Å². The summed E-state index contributed by atoms with van der Waals surface area (Å²) in [6, 6.07) is 10.1. The largest absolute Gasteiger partial charge is 0.342 e. The minimum absolute atomic E-state index is 0. The van der Waals surface area contributed by atoms with Gasteiger partial charge >= 0.3 is 0 Å². The van der Waals surface area contributed by atoms with E-state index < -0.39 is 0 Å². The zero-order valence-electron chi connectivity index (χ0n) is 16.4. The molecule has 1 aromatic rings. The average molecular weight is 394 g/mol. The van der Waals surface area contributed by atoms with Gasteiger partial charge in [0.2, 0.25) is 11.8 Å². The van der Waals surface area contributed by atoms with Crippen molar-refractivity contribution in [2.24, 2.45) is 11.8 Å². The van der Waals surface area contributed by atoms with Crippen molar-refractivity contribution in [1.82, 2.24) is 15.1 Å². The molecule has 1 N–H and O–H groups in total. The lowest BCUT2D eigenvalue weighted by molar-refractivity contribution is -0.137. The Morgan fingerprint density at radius 3 is 2.52 bits per heavy atom. The number of piperidine rings is 1. The van der Waals surface area contributed by atoms with E-state index in [4.69, 9.17) is 0 Å². The number of benzene rings is 1. The number of carbonyl (C=O) groups is 2. The number of hydrogen-bond donors (Lipinski definition) is 1. The normalized spacial score (nSPS) is 21.9. The highest BCUT2D eigenvalue weighted by Crippen LogP contribution is 2.30. The van der Waals surface area contributed by atoms with Crippen molar-refractivity contribution >= 4 is 24.2 Å². The molecule has 2 fully saturated rings. The molecular formula is C21H32ClN3O2. The topological polar surface area (TPSA) is 52.7 Å². The van der Waals surface area contributed by atoms with E-state index in [2.05, 4.69) is 5.32 Å². The number of nitrogens with zero attached hydrogens (tertiary/aromatic N) is 2. The van der Waals surface area contributed by atoms with Crippen LogP contribution in [0.2, 0.25) is 0 Å². The number of likely N-dealkylation sites (tertiary alicyclic amines) is 2. The zero-order chi connectivity index (χ0) is 18.5. The molecule has 0 aromatic heterocycles. The molecular weight excluding hydrogens is 362 g/mol. The fourth-order valence-corrected chi connectivity index (χ4v) is 4.23. The van der Waals surface area contributed by atoms with Crippen LogP contribution in [0, 0.1) is 11.8 Å². The van der Waals surface area contributed by atoms with E-state index in [0.717, 1.165) is 38.0 Å². The van der Waals surface area contributed by atoms with E-state index >= 15 is 0 Å². The molecule has 5 nitrogen and oxygen atoms in total. The summed E-state index contributed by atoms with van der Waals surface area (Å²) in [4.78, 5) is 29.3. The predicted octanol–water partition coefficient (Wildman–Crippen LogP) is 2.87. The highest BCUT2D eigenvalue weighted by atomic mass is 35.5. The summed E-state index contributed by atoms with van der Waals surface area (Å²) in [5.41, 5.74) is 1.12. The van der Waals surface area contributed by atoms with Crippen LogP contribution in [0.1, 0.15) is 44.2 Å². The van der Waals surface area contributed by atoms with Crippen LogP contribution < -0.4 is 5.32 Å². The van der Waals surface area contributed by atoms with Gasteiger partial charge in [0.15, 0.2) is 0 Å². The molecule has 2 amide bonds. The van der Waals surface area contributed by atoms with Crippen molar-refractivity contribution in [2.45, 2.75) is 38.6 Å². The second-order valence-electron chi connectivity index (χ2n) is 7.69. The minimum Gasteiger partial charge on any atom is -0.342 e. The smallest absolute Gasteiger partial charge is 0.227 e. The summed E-state index contributed by atoms with van der Waals surface area (Å²) in [6.45, 7) is 5.32. The average Bonchev–Trinajstić information content (AvgIpc) is 3.08. The van der Waals surface area contributed by atoms with Crippen LogP contribution in [0.15, 0.2) is 30.3 Å². The highest BCUT2D eigenvalue weighted by Gasteiger charge is 2.39. The van der Waals surface area contributed by atoms with E-state index in [0.29, 0.717) is 18.9 Å². The molecule has 27 heavy (non-hydrogen) atoms. The number of rotatable bonds is 6. The third kappa shape index (κ3) is 5.23. The third-order valence-corrected chi connectivity index (χ3v) is 5.99. The van der Waals surface area contributed by atoms with Gasteiger partial charge in [0.1, 0.15) is 0 Å². The first kappa shape index (κ1) is 21.7. The van der Waals surface area contributed by atoms with Crippen LogP contribution in [0.5, 0.6) is 0 Å². The van der Waals surface area contributed by atoms with Crippen molar-refractivity contribution in [3.8, 4) is 0 Å². The first-order valence-electron chi connectivity index (χ1n) is 9.88. The van der Waals surface area contributed by atoms with E-state index in [9.17, 15) is 9.59 Å². The van der Waals surface area contributed by atoms with Crippen molar-refractivity contribution in [2.75, 3.05) is 33.2 Å². The van der Waals surface area contributed by atoms with Gasteiger partial charge < -0.3 is 15.1 Å². The maximum absolute atomic E-state index is 12.9. The van der Waals surface area contributed by atoms with Gasteiger partial charge in [0.25, 0.3) is 0 Å². The molecule has 6 heteroatoms. The molecule has 2 heterocycles. The Labute approximate surface area is 168 Å². The van der Waals surface area contributed by atoms with E-state index in [1.165, 1.54) is 6.42 Å². The Morgan fingerprint density at radius 1 is 1.22 bits per heavy atom.